The van der Waals surface area contributed by atoms with Gasteiger partial charge in [-0.15, -0.1) is 5.10 Å². The van der Waals surface area contributed by atoms with E-state index in [1.807, 2.05) is 30.3 Å². The molecule has 160 valence electrons. The van der Waals surface area contributed by atoms with Crippen LogP contribution in [0.3, 0.4) is 0 Å². The van der Waals surface area contributed by atoms with Crippen LogP contribution in [-0.2, 0) is 11.3 Å². The normalized spacial score (nSPS) is 20.5. The van der Waals surface area contributed by atoms with Crippen LogP contribution in [0.4, 0.5) is 14.5 Å². The number of fused-ring (bicyclic) bond motifs is 1. The number of nitrogens with zero attached hydrogens (tertiary/aromatic N) is 3. The zero-order valence-electron chi connectivity index (χ0n) is 17.0. The van der Waals surface area contributed by atoms with Gasteiger partial charge in [-0.1, -0.05) is 49.4 Å². The molecule has 0 saturated heterocycles. The molecule has 9 heteroatoms. The van der Waals surface area contributed by atoms with E-state index in [0.29, 0.717) is 12.1 Å². The standard InChI is InChI=1S/C22H21F2N5O2/c1-12-13(2)19(22(31)26-20-16(12)8-15(23)9-17(20)24)25-21(30)18-11-29(28-27-18)10-14-6-4-3-5-7-14/h3-9,11-13,19H,10H2,1-2H3,(H,25,30)(H,26,31)/t12-,13+,19+/m1/s1. The maximum atomic E-state index is 14.3. The number of nitrogens with one attached hydrogen (secondary N) is 2. The lowest BCUT2D eigenvalue weighted by atomic mass is 9.84. The van der Waals surface area contributed by atoms with Crippen molar-refractivity contribution in [2.45, 2.75) is 32.4 Å². The molecule has 0 saturated carbocycles. The Morgan fingerprint density at radius 2 is 1.94 bits per heavy atom. The van der Waals surface area contributed by atoms with Gasteiger partial charge in [0.25, 0.3) is 5.91 Å². The van der Waals surface area contributed by atoms with Crippen LogP contribution in [0.15, 0.2) is 48.7 Å². The van der Waals surface area contributed by atoms with Crippen LogP contribution in [0.25, 0.3) is 0 Å². The van der Waals surface area contributed by atoms with Gasteiger partial charge >= 0.3 is 0 Å². The summed E-state index contributed by atoms with van der Waals surface area (Å²) in [7, 11) is 0. The Balaban J connectivity index is 1.52. The third-order valence-corrected chi connectivity index (χ3v) is 5.67. The molecule has 0 unspecified atom stereocenters. The Morgan fingerprint density at radius 3 is 2.68 bits per heavy atom. The minimum absolute atomic E-state index is 0.0579. The molecule has 0 radical (unpaired) electrons. The first kappa shape index (κ1) is 20.6. The minimum atomic E-state index is -0.961. The van der Waals surface area contributed by atoms with Gasteiger partial charge in [0.15, 0.2) is 5.69 Å². The molecule has 1 aliphatic rings. The van der Waals surface area contributed by atoms with Crippen molar-refractivity contribution in [1.29, 1.82) is 0 Å². The largest absolute Gasteiger partial charge is 0.338 e. The fourth-order valence-electron chi connectivity index (χ4n) is 3.76. The molecule has 31 heavy (non-hydrogen) atoms. The molecule has 0 aliphatic carbocycles. The number of anilines is 1. The number of carbonyl (C=O) groups is 2. The highest BCUT2D eigenvalue weighted by Crippen LogP contribution is 2.37. The summed E-state index contributed by atoms with van der Waals surface area (Å²) < 4.78 is 29.5. The van der Waals surface area contributed by atoms with Crippen molar-refractivity contribution in [3.05, 3.63) is 77.1 Å². The molecular formula is C22H21F2N5O2. The Kier molecular flexibility index (Phi) is 5.50. The van der Waals surface area contributed by atoms with Crippen LogP contribution in [0.5, 0.6) is 0 Å². The second kappa shape index (κ2) is 8.25. The number of rotatable bonds is 4. The van der Waals surface area contributed by atoms with E-state index in [9.17, 15) is 18.4 Å². The molecule has 2 aromatic carbocycles. The van der Waals surface area contributed by atoms with E-state index in [1.165, 1.54) is 16.9 Å². The Hall–Kier alpha value is -3.62. The number of hydrogen-bond acceptors (Lipinski definition) is 4. The SMILES string of the molecule is C[C@@H]1[C@H](NC(=O)c2cn(Cc3ccccc3)nn2)C(=O)Nc2c(F)cc(F)cc2[C@@H]1C. The molecule has 2 heterocycles. The Labute approximate surface area is 177 Å². The van der Waals surface area contributed by atoms with Gasteiger partial charge in [0, 0.05) is 6.07 Å². The Morgan fingerprint density at radius 1 is 1.19 bits per heavy atom. The molecule has 4 rings (SSSR count). The van der Waals surface area contributed by atoms with Gasteiger partial charge in [0.05, 0.1) is 18.4 Å². The van der Waals surface area contributed by atoms with E-state index in [-0.39, 0.29) is 11.4 Å². The summed E-state index contributed by atoms with van der Waals surface area (Å²) in [6.45, 7) is 3.95. The lowest BCUT2D eigenvalue weighted by Gasteiger charge is -2.25. The lowest BCUT2D eigenvalue weighted by molar-refractivity contribution is -0.119. The van der Waals surface area contributed by atoms with Gasteiger partial charge in [-0.05, 0) is 29.0 Å². The molecule has 1 aromatic heterocycles. The average Bonchev–Trinajstić information content (AvgIpc) is 3.18. The van der Waals surface area contributed by atoms with Crippen LogP contribution in [0, 0.1) is 17.6 Å². The zero-order valence-corrected chi connectivity index (χ0v) is 17.0. The third kappa shape index (κ3) is 4.16. The molecule has 2 N–H and O–H groups in total. The van der Waals surface area contributed by atoms with Crippen LogP contribution in [-0.4, -0.2) is 32.9 Å². The summed E-state index contributed by atoms with van der Waals surface area (Å²) >= 11 is 0. The fourth-order valence-corrected chi connectivity index (χ4v) is 3.76. The summed E-state index contributed by atoms with van der Waals surface area (Å²) in [5, 5.41) is 13.0. The molecule has 7 nitrogen and oxygen atoms in total. The quantitative estimate of drug-likeness (QED) is 0.672. The van der Waals surface area contributed by atoms with Gasteiger partial charge in [0.2, 0.25) is 5.91 Å². The molecule has 1 aliphatic heterocycles. The summed E-state index contributed by atoms with van der Waals surface area (Å²) in [5.41, 5.74) is 1.35. The minimum Gasteiger partial charge on any atom is -0.338 e. The van der Waals surface area contributed by atoms with Crippen molar-refractivity contribution in [2.75, 3.05) is 5.32 Å². The van der Waals surface area contributed by atoms with Crippen LogP contribution < -0.4 is 10.6 Å². The molecular weight excluding hydrogens is 404 g/mol. The van der Waals surface area contributed by atoms with Gasteiger partial charge in [-0.2, -0.15) is 0 Å². The van der Waals surface area contributed by atoms with Crippen LogP contribution in [0.1, 0.15) is 41.4 Å². The second-order valence-electron chi connectivity index (χ2n) is 7.73. The predicted molar refractivity (Wildman–Crippen MR) is 109 cm³/mol. The molecule has 0 spiro atoms. The predicted octanol–water partition coefficient (Wildman–Crippen LogP) is 3.09. The first-order chi connectivity index (χ1) is 14.8. The topological polar surface area (TPSA) is 88.9 Å². The number of carbonyl (C=O) groups excluding carboxylic acids is 2. The van der Waals surface area contributed by atoms with Gasteiger partial charge in [0.1, 0.15) is 17.7 Å². The van der Waals surface area contributed by atoms with Crippen molar-refractivity contribution in [2.24, 2.45) is 5.92 Å². The lowest BCUT2D eigenvalue weighted by Crippen LogP contribution is -2.48. The second-order valence-corrected chi connectivity index (χ2v) is 7.73. The maximum Gasteiger partial charge on any atom is 0.274 e. The maximum absolute atomic E-state index is 14.3. The van der Waals surface area contributed by atoms with Gasteiger partial charge in [-0.3, -0.25) is 9.59 Å². The highest BCUT2D eigenvalue weighted by molar-refractivity contribution is 6.01. The molecule has 2 amide bonds. The average molecular weight is 425 g/mol. The van der Waals surface area contributed by atoms with E-state index >= 15 is 0 Å². The number of hydrogen-bond donors (Lipinski definition) is 2. The fraction of sp³-hybridized carbons (Fsp3) is 0.273. The van der Waals surface area contributed by atoms with Crippen molar-refractivity contribution in [3.63, 3.8) is 0 Å². The van der Waals surface area contributed by atoms with E-state index in [0.717, 1.165) is 11.6 Å². The smallest absolute Gasteiger partial charge is 0.274 e. The molecule has 3 atom stereocenters. The first-order valence-electron chi connectivity index (χ1n) is 9.88. The van der Waals surface area contributed by atoms with Gasteiger partial charge in [-0.25, -0.2) is 13.5 Å². The Bertz CT molecular complexity index is 1130. The molecule has 0 bridgehead atoms. The van der Waals surface area contributed by atoms with E-state index < -0.39 is 41.3 Å². The van der Waals surface area contributed by atoms with Crippen molar-refractivity contribution in [1.82, 2.24) is 20.3 Å². The molecule has 0 fully saturated rings. The van der Waals surface area contributed by atoms with Crippen LogP contribution in [0.2, 0.25) is 0 Å². The first-order valence-corrected chi connectivity index (χ1v) is 9.88. The van der Waals surface area contributed by atoms with E-state index in [2.05, 4.69) is 20.9 Å². The molecule has 3 aromatic rings. The summed E-state index contributed by atoms with van der Waals surface area (Å²) in [6, 6.07) is 10.5. The van der Waals surface area contributed by atoms with Crippen molar-refractivity contribution in [3.8, 4) is 0 Å². The third-order valence-electron chi connectivity index (χ3n) is 5.67. The monoisotopic (exact) mass is 425 g/mol. The summed E-state index contributed by atoms with van der Waals surface area (Å²) in [6.07, 6.45) is 1.49. The number of aromatic nitrogens is 3. The summed E-state index contributed by atoms with van der Waals surface area (Å²) in [5.74, 6) is -3.53. The van der Waals surface area contributed by atoms with E-state index in [1.54, 1.807) is 13.8 Å². The highest BCUT2D eigenvalue weighted by Gasteiger charge is 2.37. The number of amides is 2. The summed E-state index contributed by atoms with van der Waals surface area (Å²) in [4.78, 5) is 25.5. The van der Waals surface area contributed by atoms with E-state index in [4.69, 9.17) is 0 Å². The van der Waals surface area contributed by atoms with Crippen LogP contribution >= 0.6 is 0 Å². The zero-order chi connectivity index (χ0) is 22.1. The van der Waals surface area contributed by atoms with Gasteiger partial charge < -0.3 is 10.6 Å². The number of benzene rings is 2. The van der Waals surface area contributed by atoms with Crippen molar-refractivity contribution < 1.29 is 18.4 Å². The highest BCUT2D eigenvalue weighted by atomic mass is 19.1. The van der Waals surface area contributed by atoms with Crippen molar-refractivity contribution >= 4 is 17.5 Å². The number of halogens is 2.